The first-order valence-electron chi connectivity index (χ1n) is 14.2. The van der Waals surface area contributed by atoms with Gasteiger partial charge in [-0.3, -0.25) is 9.59 Å². The number of aryl methyl sites for hydroxylation is 2. The van der Waals surface area contributed by atoms with Gasteiger partial charge in [0.1, 0.15) is 17.0 Å². The van der Waals surface area contributed by atoms with Gasteiger partial charge in [-0.25, -0.2) is 4.98 Å². The third-order valence-corrected chi connectivity index (χ3v) is 8.42. The lowest BCUT2D eigenvalue weighted by Crippen LogP contribution is -2.48. The van der Waals surface area contributed by atoms with Crippen LogP contribution >= 0.6 is 0 Å². The molecule has 1 fully saturated rings. The zero-order chi connectivity index (χ0) is 29.0. The van der Waals surface area contributed by atoms with Crippen molar-refractivity contribution in [2.24, 2.45) is 0 Å². The van der Waals surface area contributed by atoms with E-state index in [0.29, 0.717) is 31.0 Å². The highest BCUT2D eigenvalue weighted by Crippen LogP contribution is 2.42. The van der Waals surface area contributed by atoms with Crippen molar-refractivity contribution in [1.82, 2.24) is 15.2 Å². The van der Waals surface area contributed by atoms with E-state index >= 15 is 0 Å². The maximum Gasteiger partial charge on any atom is 0.253 e. The summed E-state index contributed by atoms with van der Waals surface area (Å²) in [5, 5.41) is 7.07. The number of furan rings is 2. The number of carbonyl (C=O) groups is 2. The van der Waals surface area contributed by atoms with Crippen LogP contribution in [0.1, 0.15) is 37.5 Å². The van der Waals surface area contributed by atoms with Gasteiger partial charge in [-0.2, -0.15) is 0 Å². The van der Waals surface area contributed by atoms with Crippen LogP contribution in [0.4, 0.5) is 11.5 Å². The number of nitrogens with one attached hydrogen (secondary N) is 1. The highest BCUT2D eigenvalue weighted by Gasteiger charge is 2.24. The van der Waals surface area contributed by atoms with E-state index in [-0.39, 0.29) is 11.8 Å². The summed E-state index contributed by atoms with van der Waals surface area (Å²) in [6.07, 6.45) is 0. The minimum atomic E-state index is -0.154. The monoisotopic (exact) mass is 557 g/mol. The standard InChI is InChI=1S/C34H31N5O3/c1-20-16-30(35)37-21(2)29(20)19-36-33(40)23-8-10-25-27(17-23)32-28-18-24(9-11-26(28)31(25)42-32)38-12-14-39(15-13-38)34(41)22-6-4-3-5-7-22/h3-11,16-18H,12-15,19H2,1-2H3,(H2,35,37)(H,36,40). The molecule has 6 aromatic rings. The smallest absolute Gasteiger partial charge is 0.253 e. The maximum absolute atomic E-state index is 13.1. The number of fused-ring (bicyclic) bond motifs is 8. The molecule has 3 N–H and O–H groups in total. The van der Waals surface area contributed by atoms with Crippen molar-refractivity contribution in [2.45, 2.75) is 20.4 Å². The first-order chi connectivity index (χ1) is 20.4. The molecule has 0 unspecified atom stereocenters. The second-order valence-corrected chi connectivity index (χ2v) is 11.0. The van der Waals surface area contributed by atoms with Gasteiger partial charge in [-0.05, 0) is 79.6 Å². The fraction of sp³-hybridized carbons (Fsp3) is 0.206. The summed E-state index contributed by atoms with van der Waals surface area (Å²) >= 11 is 0. The number of piperazine rings is 1. The molecule has 3 aromatic carbocycles. The average Bonchev–Trinajstić information content (AvgIpc) is 3.57. The van der Waals surface area contributed by atoms with Gasteiger partial charge in [0, 0.05) is 76.8 Å². The molecule has 2 amide bonds. The van der Waals surface area contributed by atoms with E-state index in [1.807, 2.05) is 73.3 Å². The number of nitrogens with zero attached hydrogens (tertiary/aromatic N) is 3. The summed E-state index contributed by atoms with van der Waals surface area (Å²) < 4.78 is 6.27. The predicted molar refractivity (Wildman–Crippen MR) is 166 cm³/mol. The molecule has 4 heterocycles. The normalized spacial score (nSPS) is 13.9. The van der Waals surface area contributed by atoms with Crippen molar-refractivity contribution in [3.05, 3.63) is 101 Å². The number of aromatic nitrogens is 1. The Balaban J connectivity index is 1.11. The number of hydrogen-bond donors (Lipinski definition) is 2. The molecule has 7 rings (SSSR count). The van der Waals surface area contributed by atoms with E-state index < -0.39 is 0 Å². The third-order valence-electron chi connectivity index (χ3n) is 8.42. The Morgan fingerprint density at radius 3 is 2.26 bits per heavy atom. The molecule has 0 atom stereocenters. The van der Waals surface area contributed by atoms with E-state index in [0.717, 1.165) is 73.9 Å². The van der Waals surface area contributed by atoms with Crippen LogP contribution in [0.3, 0.4) is 0 Å². The molecule has 8 heteroatoms. The van der Waals surface area contributed by atoms with Crippen LogP contribution in [0.25, 0.3) is 32.7 Å². The van der Waals surface area contributed by atoms with Gasteiger partial charge >= 0.3 is 0 Å². The molecule has 1 aliphatic rings. The van der Waals surface area contributed by atoms with E-state index in [1.165, 1.54) is 0 Å². The molecule has 42 heavy (non-hydrogen) atoms. The van der Waals surface area contributed by atoms with Crippen LogP contribution in [0, 0.1) is 13.8 Å². The van der Waals surface area contributed by atoms with Crippen molar-refractivity contribution in [3.8, 4) is 0 Å². The summed E-state index contributed by atoms with van der Waals surface area (Å²) in [5.74, 6) is 0.402. The number of anilines is 2. The highest BCUT2D eigenvalue weighted by atomic mass is 16.3. The van der Waals surface area contributed by atoms with Gasteiger partial charge in [0.15, 0.2) is 0 Å². The molecule has 0 spiro atoms. The lowest BCUT2D eigenvalue weighted by Gasteiger charge is -2.36. The number of rotatable bonds is 5. The summed E-state index contributed by atoms with van der Waals surface area (Å²) in [6, 6.07) is 23.4. The number of amides is 2. The molecule has 210 valence electrons. The Labute approximate surface area is 243 Å². The van der Waals surface area contributed by atoms with Gasteiger partial charge in [-0.1, -0.05) is 18.2 Å². The second kappa shape index (κ2) is 10.1. The predicted octanol–water partition coefficient (Wildman–Crippen LogP) is 5.66. The van der Waals surface area contributed by atoms with Crippen LogP contribution in [0.5, 0.6) is 0 Å². The van der Waals surface area contributed by atoms with Gasteiger partial charge in [0.2, 0.25) is 0 Å². The number of benzene rings is 4. The number of nitrogen functional groups attached to an aromatic ring is 1. The van der Waals surface area contributed by atoms with E-state index in [2.05, 4.69) is 33.4 Å². The number of carbonyl (C=O) groups excluding carboxylic acids is 2. The third kappa shape index (κ3) is 4.36. The molecule has 0 aliphatic carbocycles. The molecular weight excluding hydrogens is 526 g/mol. The molecule has 2 bridgehead atoms. The number of hydrogen-bond acceptors (Lipinski definition) is 6. The van der Waals surface area contributed by atoms with Crippen molar-refractivity contribution in [3.63, 3.8) is 0 Å². The minimum absolute atomic E-state index is 0.0775. The van der Waals surface area contributed by atoms with Crippen molar-refractivity contribution >= 4 is 56.0 Å². The Morgan fingerprint density at radius 1 is 0.833 bits per heavy atom. The highest BCUT2D eigenvalue weighted by molar-refractivity contribution is 6.26. The lowest BCUT2D eigenvalue weighted by molar-refractivity contribution is 0.0746. The van der Waals surface area contributed by atoms with Crippen molar-refractivity contribution < 1.29 is 14.0 Å². The molecule has 1 aliphatic heterocycles. The van der Waals surface area contributed by atoms with Gasteiger partial charge in [0.25, 0.3) is 11.8 Å². The van der Waals surface area contributed by atoms with Crippen LogP contribution in [-0.4, -0.2) is 47.9 Å². The minimum Gasteiger partial charge on any atom is -0.455 e. The summed E-state index contributed by atoms with van der Waals surface area (Å²) in [5.41, 5.74) is 12.7. The maximum atomic E-state index is 13.1. The molecule has 8 nitrogen and oxygen atoms in total. The number of nitrogens with two attached hydrogens (primary N) is 1. The van der Waals surface area contributed by atoms with Crippen molar-refractivity contribution in [2.75, 3.05) is 36.8 Å². The van der Waals surface area contributed by atoms with Gasteiger partial charge in [-0.15, -0.1) is 0 Å². The van der Waals surface area contributed by atoms with Crippen LogP contribution in [-0.2, 0) is 6.54 Å². The van der Waals surface area contributed by atoms with Crippen LogP contribution < -0.4 is 16.0 Å². The Bertz CT molecular complexity index is 1950. The fourth-order valence-electron chi connectivity index (χ4n) is 6.16. The average molecular weight is 558 g/mol. The zero-order valence-corrected chi connectivity index (χ0v) is 23.6. The molecule has 0 radical (unpaired) electrons. The number of pyridine rings is 1. The largest absolute Gasteiger partial charge is 0.455 e. The molecule has 1 saturated heterocycles. The lowest BCUT2D eigenvalue weighted by atomic mass is 10.0. The van der Waals surface area contributed by atoms with Gasteiger partial charge < -0.3 is 25.3 Å². The second-order valence-electron chi connectivity index (χ2n) is 11.0. The summed E-state index contributed by atoms with van der Waals surface area (Å²) in [4.78, 5) is 34.6. The first kappa shape index (κ1) is 25.8. The van der Waals surface area contributed by atoms with Crippen LogP contribution in [0.15, 0.2) is 77.2 Å². The summed E-state index contributed by atoms with van der Waals surface area (Å²) in [6.45, 7) is 7.10. The van der Waals surface area contributed by atoms with Crippen molar-refractivity contribution in [1.29, 1.82) is 0 Å². The Morgan fingerprint density at radius 2 is 1.52 bits per heavy atom. The van der Waals surface area contributed by atoms with E-state index in [4.69, 9.17) is 10.2 Å². The molecule has 0 saturated carbocycles. The van der Waals surface area contributed by atoms with E-state index in [1.54, 1.807) is 0 Å². The van der Waals surface area contributed by atoms with E-state index in [9.17, 15) is 9.59 Å². The quantitative estimate of drug-likeness (QED) is 0.265. The zero-order valence-electron chi connectivity index (χ0n) is 23.6. The topological polar surface area (TPSA) is 105 Å². The van der Waals surface area contributed by atoms with Crippen LogP contribution in [0.2, 0.25) is 0 Å². The Hall–Kier alpha value is -5.11. The Kier molecular flexibility index (Phi) is 6.19. The molecule has 3 aromatic heterocycles. The first-order valence-corrected chi connectivity index (χ1v) is 14.2. The SMILES string of the molecule is Cc1cc(N)nc(C)c1CNC(=O)c1ccc2c(c1)c1oc2c2ccc(N3CCN(C(=O)c4ccccc4)CC3)cc21. The van der Waals surface area contributed by atoms with Gasteiger partial charge in [0.05, 0.1) is 0 Å². The summed E-state index contributed by atoms with van der Waals surface area (Å²) in [7, 11) is 0. The molecular formula is C34H31N5O3. The fourth-order valence-corrected chi connectivity index (χ4v) is 6.16.